The van der Waals surface area contributed by atoms with Gasteiger partial charge in [-0.2, -0.15) is 0 Å². The van der Waals surface area contributed by atoms with Gasteiger partial charge in [-0.1, -0.05) is 18.2 Å². The van der Waals surface area contributed by atoms with Crippen LogP contribution < -0.4 is 24.8 Å². The molecule has 0 aromatic heterocycles. The minimum absolute atomic E-state index is 0.158. The molecule has 1 aliphatic rings. The Kier molecular flexibility index (Phi) is 5.26. The molecule has 1 heterocycles. The third kappa shape index (κ3) is 4.05. The molecule has 2 aromatic rings. The third-order valence-electron chi connectivity index (χ3n) is 3.87. The molecular weight excluding hydrogens is 336 g/mol. The second-order valence-electron chi connectivity index (χ2n) is 5.87. The number of fused-ring (bicyclic) bond motifs is 1. The van der Waals surface area contributed by atoms with E-state index in [2.05, 4.69) is 10.6 Å². The molecule has 0 fully saturated rings. The van der Waals surface area contributed by atoms with E-state index in [1.807, 2.05) is 31.2 Å². The molecule has 1 unspecified atom stereocenters. The van der Waals surface area contributed by atoms with Crippen molar-refractivity contribution in [3.63, 3.8) is 0 Å². The Hall–Kier alpha value is -3.22. The Labute approximate surface area is 151 Å². The summed E-state index contributed by atoms with van der Waals surface area (Å²) in [6, 6.07) is 12.6. The predicted molar refractivity (Wildman–Crippen MR) is 95.7 cm³/mol. The number of ether oxygens (including phenoxy) is 3. The number of carbonyl (C=O) groups excluding carboxylic acids is 2. The fraction of sp³-hybridized carbons (Fsp3) is 0.263. The molecule has 7 heteroatoms. The van der Waals surface area contributed by atoms with Gasteiger partial charge in [0.15, 0.2) is 11.5 Å². The molecule has 1 aliphatic heterocycles. The van der Waals surface area contributed by atoms with Crippen LogP contribution in [0.3, 0.4) is 0 Å². The SMILES string of the molecule is COc1ccc(C)cc1NC(=O)C(=O)NCC1COc2ccccc2O1. The molecule has 0 bridgehead atoms. The smallest absolute Gasteiger partial charge is 0.313 e. The van der Waals surface area contributed by atoms with Gasteiger partial charge in [0.25, 0.3) is 0 Å². The summed E-state index contributed by atoms with van der Waals surface area (Å²) in [5.74, 6) is 0.241. The van der Waals surface area contributed by atoms with Gasteiger partial charge in [-0.25, -0.2) is 0 Å². The van der Waals surface area contributed by atoms with Crippen molar-refractivity contribution in [2.75, 3.05) is 25.6 Å². The second-order valence-corrected chi connectivity index (χ2v) is 5.87. The average molecular weight is 356 g/mol. The summed E-state index contributed by atoms with van der Waals surface area (Å²) in [5, 5.41) is 5.12. The molecule has 26 heavy (non-hydrogen) atoms. The van der Waals surface area contributed by atoms with Crippen molar-refractivity contribution in [1.29, 1.82) is 0 Å². The van der Waals surface area contributed by atoms with Crippen LogP contribution in [0.1, 0.15) is 5.56 Å². The first-order chi connectivity index (χ1) is 12.6. The normalized spacial score (nSPS) is 15.1. The maximum absolute atomic E-state index is 12.1. The lowest BCUT2D eigenvalue weighted by atomic mass is 10.2. The molecule has 0 saturated heterocycles. The Morgan fingerprint density at radius 2 is 1.92 bits per heavy atom. The van der Waals surface area contributed by atoms with Gasteiger partial charge in [-0.15, -0.1) is 0 Å². The van der Waals surface area contributed by atoms with Crippen LogP contribution in [-0.4, -0.2) is 38.2 Å². The molecule has 0 spiro atoms. The second kappa shape index (κ2) is 7.77. The van der Waals surface area contributed by atoms with Crippen LogP contribution in [0.15, 0.2) is 42.5 Å². The van der Waals surface area contributed by atoms with E-state index in [4.69, 9.17) is 14.2 Å². The first-order valence-electron chi connectivity index (χ1n) is 8.19. The zero-order valence-corrected chi connectivity index (χ0v) is 14.6. The molecule has 7 nitrogen and oxygen atoms in total. The number of hydrogen-bond acceptors (Lipinski definition) is 5. The van der Waals surface area contributed by atoms with E-state index in [1.165, 1.54) is 7.11 Å². The van der Waals surface area contributed by atoms with Gasteiger partial charge in [0.05, 0.1) is 19.3 Å². The van der Waals surface area contributed by atoms with Crippen molar-refractivity contribution in [2.45, 2.75) is 13.0 Å². The largest absolute Gasteiger partial charge is 0.495 e. The maximum atomic E-state index is 12.1. The van der Waals surface area contributed by atoms with Crippen molar-refractivity contribution in [3.05, 3.63) is 48.0 Å². The van der Waals surface area contributed by atoms with Gasteiger partial charge in [-0.05, 0) is 36.8 Å². The summed E-state index contributed by atoms with van der Waals surface area (Å²) >= 11 is 0. The molecular formula is C19H20N2O5. The number of nitrogens with one attached hydrogen (secondary N) is 2. The van der Waals surface area contributed by atoms with Gasteiger partial charge >= 0.3 is 11.8 Å². The van der Waals surface area contributed by atoms with Gasteiger partial charge in [0.1, 0.15) is 18.5 Å². The Bertz CT molecular complexity index is 821. The minimum atomic E-state index is -0.772. The van der Waals surface area contributed by atoms with E-state index in [-0.39, 0.29) is 12.6 Å². The lowest BCUT2D eigenvalue weighted by Crippen LogP contribution is -2.44. The Morgan fingerprint density at radius 3 is 2.69 bits per heavy atom. The van der Waals surface area contributed by atoms with Gasteiger partial charge in [-0.3, -0.25) is 9.59 Å². The summed E-state index contributed by atoms with van der Waals surface area (Å²) in [6.07, 6.45) is -0.366. The molecule has 2 amide bonds. The number of aryl methyl sites for hydroxylation is 1. The molecule has 136 valence electrons. The standard InChI is InChI=1S/C19H20N2O5/c1-12-7-8-15(24-2)14(9-12)21-19(23)18(22)20-10-13-11-25-16-5-3-4-6-17(16)26-13/h3-9,13H,10-11H2,1-2H3,(H,20,22)(H,21,23). The van der Waals surface area contributed by atoms with E-state index in [0.717, 1.165) is 5.56 Å². The molecule has 3 rings (SSSR count). The third-order valence-corrected chi connectivity index (χ3v) is 3.87. The van der Waals surface area contributed by atoms with Crippen molar-refractivity contribution in [2.24, 2.45) is 0 Å². The Balaban J connectivity index is 1.54. The zero-order chi connectivity index (χ0) is 18.5. The number of methoxy groups -OCH3 is 1. The van der Waals surface area contributed by atoms with Crippen LogP contribution in [0.2, 0.25) is 0 Å². The van der Waals surface area contributed by atoms with Gasteiger partial charge in [0, 0.05) is 0 Å². The average Bonchev–Trinajstić information content (AvgIpc) is 2.66. The zero-order valence-electron chi connectivity index (χ0n) is 14.6. The molecule has 0 aliphatic carbocycles. The number of amides is 2. The van der Waals surface area contributed by atoms with Crippen molar-refractivity contribution >= 4 is 17.5 Å². The van der Waals surface area contributed by atoms with Crippen LogP contribution in [0, 0.1) is 6.92 Å². The number of benzene rings is 2. The topological polar surface area (TPSA) is 85.9 Å². The van der Waals surface area contributed by atoms with Crippen LogP contribution >= 0.6 is 0 Å². The summed E-state index contributed by atoms with van der Waals surface area (Å²) in [5.41, 5.74) is 1.38. The van der Waals surface area contributed by atoms with Crippen LogP contribution in [0.25, 0.3) is 0 Å². The highest BCUT2D eigenvalue weighted by Crippen LogP contribution is 2.30. The quantitative estimate of drug-likeness (QED) is 0.817. The molecule has 1 atom stereocenters. The number of anilines is 1. The minimum Gasteiger partial charge on any atom is -0.495 e. The van der Waals surface area contributed by atoms with Crippen molar-refractivity contribution in [3.8, 4) is 17.2 Å². The lowest BCUT2D eigenvalue weighted by Gasteiger charge is -2.26. The van der Waals surface area contributed by atoms with Crippen LogP contribution in [0.5, 0.6) is 17.2 Å². The molecule has 0 radical (unpaired) electrons. The summed E-state index contributed by atoms with van der Waals surface area (Å²) in [4.78, 5) is 24.2. The van der Waals surface area contributed by atoms with Gasteiger partial charge < -0.3 is 24.8 Å². The van der Waals surface area contributed by atoms with Crippen molar-refractivity contribution in [1.82, 2.24) is 5.32 Å². The molecule has 2 aromatic carbocycles. The van der Waals surface area contributed by atoms with E-state index < -0.39 is 11.8 Å². The molecule has 2 N–H and O–H groups in total. The number of hydrogen-bond donors (Lipinski definition) is 2. The van der Waals surface area contributed by atoms with E-state index in [0.29, 0.717) is 29.5 Å². The number of para-hydroxylation sites is 2. The van der Waals surface area contributed by atoms with E-state index in [1.54, 1.807) is 18.2 Å². The molecule has 0 saturated carbocycles. The fourth-order valence-electron chi connectivity index (χ4n) is 2.55. The highest BCUT2D eigenvalue weighted by Gasteiger charge is 2.23. The number of carbonyl (C=O) groups is 2. The van der Waals surface area contributed by atoms with Crippen molar-refractivity contribution < 1.29 is 23.8 Å². The highest BCUT2D eigenvalue weighted by molar-refractivity contribution is 6.39. The van der Waals surface area contributed by atoms with Crippen LogP contribution in [-0.2, 0) is 9.59 Å². The summed E-state index contributed by atoms with van der Waals surface area (Å²) in [7, 11) is 1.50. The van der Waals surface area contributed by atoms with E-state index >= 15 is 0 Å². The summed E-state index contributed by atoms with van der Waals surface area (Å²) < 4.78 is 16.5. The van der Waals surface area contributed by atoms with E-state index in [9.17, 15) is 9.59 Å². The first kappa shape index (κ1) is 17.6. The predicted octanol–water partition coefficient (Wildman–Crippen LogP) is 1.90. The fourth-order valence-corrected chi connectivity index (χ4v) is 2.55. The summed E-state index contributed by atoms with van der Waals surface area (Å²) in [6.45, 7) is 2.34. The monoisotopic (exact) mass is 356 g/mol. The Morgan fingerprint density at radius 1 is 1.15 bits per heavy atom. The lowest BCUT2D eigenvalue weighted by molar-refractivity contribution is -0.136. The highest BCUT2D eigenvalue weighted by atomic mass is 16.6. The first-order valence-corrected chi connectivity index (χ1v) is 8.19. The van der Waals surface area contributed by atoms with Crippen LogP contribution in [0.4, 0.5) is 5.69 Å². The van der Waals surface area contributed by atoms with Gasteiger partial charge in [0.2, 0.25) is 0 Å². The maximum Gasteiger partial charge on any atom is 0.313 e. The number of rotatable bonds is 4.